The molecule has 57 valence electrons. The normalized spacial score (nSPS) is 9.18. The van der Waals surface area contributed by atoms with Crippen LogP contribution in [0.25, 0.3) is 0 Å². The minimum Gasteiger partial charge on any atom is -0.351 e. The van der Waals surface area contributed by atoms with Gasteiger partial charge in [0.2, 0.25) is 0 Å². The predicted octanol–water partition coefficient (Wildman–Crippen LogP) is 1.12. The van der Waals surface area contributed by atoms with Crippen molar-refractivity contribution in [3.05, 3.63) is 30.1 Å². The molecule has 0 heterocycles. The lowest BCUT2D eigenvalue weighted by molar-refractivity contribution is 0.259. The predicted molar refractivity (Wildman–Crippen MR) is 38.4 cm³/mol. The number of nitrogens with two attached hydrogens (primary N) is 1. The Morgan fingerprint density at radius 2 is 2.45 bits per heavy atom. The van der Waals surface area contributed by atoms with Crippen LogP contribution in [0.5, 0.6) is 0 Å². The van der Waals surface area contributed by atoms with E-state index in [0.29, 0.717) is 0 Å². The van der Waals surface area contributed by atoms with E-state index in [1.54, 1.807) is 6.07 Å². The van der Waals surface area contributed by atoms with E-state index in [0.717, 1.165) is 0 Å². The summed E-state index contributed by atoms with van der Waals surface area (Å²) in [5.74, 6) is -0.619. The molecule has 11 heavy (non-hydrogen) atoms. The van der Waals surface area contributed by atoms with Gasteiger partial charge in [0, 0.05) is 6.07 Å². The number of amides is 2. The highest BCUT2D eigenvalue weighted by atomic mass is 19.1. The summed E-state index contributed by atoms with van der Waals surface area (Å²) in [4.78, 5) is 10.3. The van der Waals surface area contributed by atoms with Crippen molar-refractivity contribution in [1.29, 1.82) is 0 Å². The van der Waals surface area contributed by atoms with Gasteiger partial charge in [-0.1, -0.05) is 12.1 Å². The number of carbonyl (C=O) groups excluding carboxylic acids is 1. The summed E-state index contributed by atoms with van der Waals surface area (Å²) >= 11 is 0. The summed E-state index contributed by atoms with van der Waals surface area (Å²) in [5.41, 5.74) is 4.80. The Morgan fingerprint density at radius 1 is 1.73 bits per heavy atom. The maximum atomic E-state index is 12.6. The van der Waals surface area contributed by atoms with Gasteiger partial charge in [0.1, 0.15) is 0 Å². The fourth-order valence-corrected chi connectivity index (χ4v) is 0.646. The van der Waals surface area contributed by atoms with Crippen molar-refractivity contribution in [3.8, 4) is 0 Å². The molecule has 0 saturated heterocycles. The Bertz CT molecular complexity index is 275. The molecule has 0 atom stereocenters. The van der Waals surface area contributed by atoms with Gasteiger partial charge in [-0.3, -0.25) is 0 Å². The number of hydrogen-bond donors (Lipinski definition) is 2. The van der Waals surface area contributed by atoms with Crippen molar-refractivity contribution in [1.82, 2.24) is 0 Å². The molecule has 1 aromatic rings. The fraction of sp³-hybridized carbons (Fsp3) is 0. The molecule has 0 fully saturated rings. The van der Waals surface area contributed by atoms with Gasteiger partial charge in [0.15, 0.2) is 5.82 Å². The maximum Gasteiger partial charge on any atom is 0.316 e. The number of rotatable bonds is 1. The Kier molecular flexibility index (Phi) is 2.06. The van der Waals surface area contributed by atoms with E-state index in [-0.39, 0.29) is 5.69 Å². The Hall–Kier alpha value is -1.58. The number of hydrogen-bond acceptors (Lipinski definition) is 1. The molecule has 0 unspecified atom stereocenters. The zero-order valence-electron chi connectivity index (χ0n) is 5.60. The number of primary amides is 1. The molecule has 0 spiro atoms. The lowest BCUT2D eigenvalue weighted by Crippen LogP contribution is -2.19. The zero-order chi connectivity index (χ0) is 8.27. The lowest BCUT2D eigenvalue weighted by atomic mass is 10.3. The van der Waals surface area contributed by atoms with E-state index in [1.807, 2.05) is 0 Å². The van der Waals surface area contributed by atoms with Crippen LogP contribution < -0.4 is 11.1 Å². The van der Waals surface area contributed by atoms with Gasteiger partial charge in [-0.25, -0.2) is 9.18 Å². The third-order valence-corrected chi connectivity index (χ3v) is 1.06. The largest absolute Gasteiger partial charge is 0.351 e. The molecule has 0 aliphatic carbocycles. The first kappa shape index (κ1) is 7.53. The van der Waals surface area contributed by atoms with Crippen LogP contribution in [0.15, 0.2) is 18.2 Å². The van der Waals surface area contributed by atoms with Crippen LogP contribution in [0.3, 0.4) is 0 Å². The molecule has 1 radical (unpaired) electrons. The van der Waals surface area contributed by atoms with Crippen molar-refractivity contribution in [3.63, 3.8) is 0 Å². The monoisotopic (exact) mass is 153 g/mol. The standard InChI is InChI=1S/C7H6FN2O/c8-5-3-1-2-4-6(5)10-7(9)11/h1-2,4H,(H3,9,10,11). The van der Waals surface area contributed by atoms with Gasteiger partial charge >= 0.3 is 6.03 Å². The maximum absolute atomic E-state index is 12.6. The van der Waals surface area contributed by atoms with Gasteiger partial charge < -0.3 is 11.1 Å². The van der Waals surface area contributed by atoms with Crippen LogP contribution in [-0.4, -0.2) is 6.03 Å². The van der Waals surface area contributed by atoms with Crippen LogP contribution in [0.4, 0.5) is 14.9 Å². The van der Waals surface area contributed by atoms with Crippen LogP contribution in [0, 0.1) is 11.9 Å². The van der Waals surface area contributed by atoms with Crippen LogP contribution in [-0.2, 0) is 0 Å². The Balaban J connectivity index is 2.86. The summed E-state index contributed by atoms with van der Waals surface area (Å²) in [5, 5.41) is 2.11. The second kappa shape index (κ2) is 3.01. The molecule has 3 N–H and O–H groups in total. The first-order valence-corrected chi connectivity index (χ1v) is 2.93. The van der Waals surface area contributed by atoms with E-state index < -0.39 is 11.8 Å². The van der Waals surface area contributed by atoms with Crippen LogP contribution in [0.1, 0.15) is 0 Å². The number of urea groups is 1. The summed E-state index contributed by atoms with van der Waals surface area (Å²) in [6.07, 6.45) is 0. The quantitative estimate of drug-likeness (QED) is 0.624. The summed E-state index contributed by atoms with van der Waals surface area (Å²) in [6.45, 7) is 0. The fourth-order valence-electron chi connectivity index (χ4n) is 0.646. The minimum absolute atomic E-state index is 0.0417. The smallest absolute Gasteiger partial charge is 0.316 e. The Labute approximate surface area is 63.0 Å². The molecule has 1 rings (SSSR count). The first-order chi connectivity index (χ1) is 5.20. The second-order valence-electron chi connectivity index (χ2n) is 1.89. The number of carbonyl (C=O) groups is 1. The highest BCUT2D eigenvalue weighted by Gasteiger charge is 2.00. The highest BCUT2D eigenvalue weighted by molar-refractivity contribution is 5.87. The number of anilines is 1. The van der Waals surface area contributed by atoms with Gasteiger partial charge in [-0.15, -0.1) is 0 Å². The number of halogens is 1. The molecule has 0 aliphatic heterocycles. The van der Waals surface area contributed by atoms with E-state index in [4.69, 9.17) is 5.73 Å². The first-order valence-electron chi connectivity index (χ1n) is 2.93. The summed E-state index contributed by atoms with van der Waals surface area (Å²) < 4.78 is 12.6. The summed E-state index contributed by atoms with van der Waals surface area (Å²) in [6, 6.07) is 5.83. The topological polar surface area (TPSA) is 55.1 Å². The average molecular weight is 153 g/mol. The van der Waals surface area contributed by atoms with E-state index in [2.05, 4.69) is 11.4 Å². The number of benzene rings is 1. The van der Waals surface area contributed by atoms with E-state index >= 15 is 0 Å². The van der Waals surface area contributed by atoms with Crippen molar-refractivity contribution >= 4 is 11.7 Å². The highest BCUT2D eigenvalue weighted by Crippen LogP contribution is 2.10. The molecular formula is C7H6FN2O. The van der Waals surface area contributed by atoms with Crippen molar-refractivity contribution < 1.29 is 9.18 Å². The van der Waals surface area contributed by atoms with Gasteiger partial charge in [-0.2, -0.15) is 0 Å². The molecule has 0 saturated carbocycles. The van der Waals surface area contributed by atoms with Crippen molar-refractivity contribution in [2.75, 3.05) is 5.32 Å². The van der Waals surface area contributed by atoms with Crippen molar-refractivity contribution in [2.45, 2.75) is 0 Å². The van der Waals surface area contributed by atoms with E-state index in [1.165, 1.54) is 12.1 Å². The van der Waals surface area contributed by atoms with Crippen LogP contribution >= 0.6 is 0 Å². The van der Waals surface area contributed by atoms with Crippen molar-refractivity contribution in [2.24, 2.45) is 5.73 Å². The molecule has 3 nitrogen and oxygen atoms in total. The SMILES string of the molecule is NC(=O)Nc1ccc[c]c1F. The molecule has 4 heteroatoms. The average Bonchev–Trinajstić information content (AvgIpc) is 1.93. The van der Waals surface area contributed by atoms with Crippen LogP contribution in [0.2, 0.25) is 0 Å². The number of nitrogens with one attached hydrogen (secondary N) is 1. The Morgan fingerprint density at radius 3 is 3.00 bits per heavy atom. The molecule has 0 aliphatic rings. The zero-order valence-corrected chi connectivity index (χ0v) is 5.60. The lowest BCUT2D eigenvalue weighted by Gasteiger charge is -2.00. The van der Waals surface area contributed by atoms with Gasteiger partial charge in [-0.05, 0) is 6.07 Å². The molecule has 0 bridgehead atoms. The minimum atomic E-state index is -0.788. The van der Waals surface area contributed by atoms with Gasteiger partial charge in [0.25, 0.3) is 0 Å². The van der Waals surface area contributed by atoms with E-state index in [9.17, 15) is 9.18 Å². The second-order valence-corrected chi connectivity index (χ2v) is 1.89. The third-order valence-electron chi connectivity index (χ3n) is 1.06. The molecule has 2 amide bonds. The third kappa shape index (κ3) is 1.93. The molecule has 0 aromatic heterocycles. The molecule has 1 aromatic carbocycles. The molecular weight excluding hydrogens is 147 g/mol. The summed E-state index contributed by atoms with van der Waals surface area (Å²) in [7, 11) is 0. The van der Waals surface area contributed by atoms with Gasteiger partial charge in [0.05, 0.1) is 5.69 Å².